The lowest BCUT2D eigenvalue weighted by Crippen LogP contribution is -2.74. The van der Waals surface area contributed by atoms with Crippen LogP contribution in [0.15, 0.2) is 78.4 Å². The molecule has 0 spiro atoms. The molecule has 0 radical (unpaired) electrons. The van der Waals surface area contributed by atoms with Crippen molar-refractivity contribution in [1.29, 1.82) is 0 Å². The Kier molecular flexibility index (Phi) is 11.9. The van der Waals surface area contributed by atoms with Gasteiger partial charge in [-0.15, -0.1) is 0 Å². The van der Waals surface area contributed by atoms with Gasteiger partial charge < -0.3 is 39.7 Å². The SMILES string of the molecule is C=C(C)[C@@]1(O)[C@H](O)[C@H]([C@@H]2O[C@]2(CO)[C@@H](O)[C@@]2(O)CC=C(C)C2=O)[C@](C)(OC(C)(C)/C=C/C=C/CCCCC)[C@H](C)[C@H]1OC(=O)c1ccccc1. The Hall–Kier alpha value is -2.96. The summed E-state index contributed by atoms with van der Waals surface area (Å²) >= 11 is 0. The molecule has 1 saturated heterocycles. The molecule has 10 heteroatoms. The lowest BCUT2D eigenvalue weighted by molar-refractivity contribution is -0.282. The second-order valence-electron chi connectivity index (χ2n) is 15.1. The molecule has 1 aromatic carbocycles. The normalized spacial score (nSPS) is 36.5. The third-order valence-corrected chi connectivity index (χ3v) is 11.1. The Morgan fingerprint density at radius 3 is 2.40 bits per heavy atom. The van der Waals surface area contributed by atoms with Crippen molar-refractivity contribution in [2.75, 3.05) is 6.61 Å². The van der Waals surface area contributed by atoms with Crippen LogP contribution in [0.2, 0.25) is 0 Å². The average Bonchev–Trinajstić information content (AvgIpc) is 3.74. The van der Waals surface area contributed by atoms with Crippen molar-refractivity contribution in [2.45, 2.75) is 133 Å². The van der Waals surface area contributed by atoms with E-state index in [1.54, 1.807) is 44.2 Å². The Balaban J connectivity index is 1.78. The standard InChI is InChI=1S/C40H56O10/c1-9-10-11-12-13-14-18-22-36(6,7)50-37(8)27(5)32(48-34(44)28-19-16-15-17-20-28)40(47,25(2)3)31(43)29(37)33-39(24-41,49-33)35(45)38(46)23-21-26(4)30(38)42/h13-22,27,29,31-33,35,41,43,45-47H,2,9-12,23-24H2,1,3-8H3/b14-13+,22-18+/t27-,29-,31-,32-,33+,35+,37-,38-,39+,40-/m1/s1. The van der Waals surface area contributed by atoms with Crippen LogP contribution >= 0.6 is 0 Å². The Labute approximate surface area is 296 Å². The molecule has 10 atom stereocenters. The number of allylic oxidation sites excluding steroid dienone is 3. The lowest BCUT2D eigenvalue weighted by atomic mass is 9.56. The highest BCUT2D eigenvalue weighted by Crippen LogP contribution is 2.59. The quantitative estimate of drug-likeness (QED) is 0.0578. The molecule has 3 aliphatic rings. The van der Waals surface area contributed by atoms with Crippen LogP contribution in [-0.2, 0) is 19.0 Å². The first-order valence-electron chi connectivity index (χ1n) is 17.6. The molecule has 1 aliphatic heterocycles. The van der Waals surface area contributed by atoms with Gasteiger partial charge in [0.25, 0.3) is 0 Å². The van der Waals surface area contributed by atoms with Crippen molar-refractivity contribution in [3.05, 3.63) is 84.0 Å². The second kappa shape index (κ2) is 14.9. The van der Waals surface area contributed by atoms with Crippen LogP contribution in [0.5, 0.6) is 0 Å². The highest BCUT2D eigenvalue weighted by Gasteiger charge is 2.77. The summed E-state index contributed by atoms with van der Waals surface area (Å²) < 4.78 is 19.0. The molecule has 10 nitrogen and oxygen atoms in total. The van der Waals surface area contributed by atoms with E-state index in [-0.39, 0.29) is 23.1 Å². The van der Waals surface area contributed by atoms with Crippen molar-refractivity contribution in [1.82, 2.24) is 0 Å². The van der Waals surface area contributed by atoms with Gasteiger partial charge >= 0.3 is 5.97 Å². The minimum Gasteiger partial charge on any atom is -0.455 e. The molecule has 1 heterocycles. The fourth-order valence-electron chi connectivity index (χ4n) is 7.88. The maximum absolute atomic E-state index is 13.5. The summed E-state index contributed by atoms with van der Waals surface area (Å²) in [5.41, 5.74) is -8.29. The molecule has 4 rings (SSSR count). The molecule has 1 saturated carbocycles. The van der Waals surface area contributed by atoms with Crippen molar-refractivity contribution in [3.8, 4) is 0 Å². The summed E-state index contributed by atoms with van der Waals surface area (Å²) in [5.74, 6) is -3.49. The Morgan fingerprint density at radius 1 is 1.18 bits per heavy atom. The summed E-state index contributed by atoms with van der Waals surface area (Å²) in [6.45, 7) is 15.4. The highest BCUT2D eigenvalue weighted by molar-refractivity contribution is 6.04. The van der Waals surface area contributed by atoms with Crippen molar-refractivity contribution in [3.63, 3.8) is 0 Å². The maximum atomic E-state index is 13.5. The number of benzene rings is 1. The number of rotatable bonds is 15. The number of aliphatic hydroxyl groups is 5. The molecule has 276 valence electrons. The van der Waals surface area contributed by atoms with E-state index in [1.807, 2.05) is 32.1 Å². The van der Waals surface area contributed by atoms with Crippen molar-refractivity contribution in [2.24, 2.45) is 11.8 Å². The molecule has 0 aromatic heterocycles. The van der Waals surface area contributed by atoms with E-state index in [4.69, 9.17) is 14.2 Å². The van der Waals surface area contributed by atoms with Crippen LogP contribution in [0, 0.1) is 11.8 Å². The summed E-state index contributed by atoms with van der Waals surface area (Å²) in [7, 11) is 0. The number of carbonyl (C=O) groups is 2. The number of hydrogen-bond acceptors (Lipinski definition) is 10. The first kappa shape index (κ1) is 39.8. The number of esters is 1. The summed E-state index contributed by atoms with van der Waals surface area (Å²) in [5, 5.41) is 58.5. The average molecular weight is 697 g/mol. The van der Waals surface area contributed by atoms with Crippen LogP contribution < -0.4 is 0 Å². The van der Waals surface area contributed by atoms with E-state index in [0.29, 0.717) is 0 Å². The van der Waals surface area contributed by atoms with E-state index in [0.717, 1.165) is 25.7 Å². The van der Waals surface area contributed by atoms with Crippen LogP contribution in [0.25, 0.3) is 0 Å². The molecule has 1 aromatic rings. The van der Waals surface area contributed by atoms with Gasteiger partial charge in [0, 0.05) is 18.3 Å². The third-order valence-electron chi connectivity index (χ3n) is 11.1. The molecule has 50 heavy (non-hydrogen) atoms. The van der Waals surface area contributed by atoms with E-state index in [1.165, 1.54) is 19.9 Å². The van der Waals surface area contributed by atoms with Gasteiger partial charge in [-0.1, -0.05) is 81.8 Å². The van der Waals surface area contributed by atoms with Gasteiger partial charge in [-0.05, 0) is 70.7 Å². The fraction of sp³-hybridized carbons (Fsp3) is 0.600. The van der Waals surface area contributed by atoms with E-state index >= 15 is 0 Å². The van der Waals surface area contributed by atoms with Gasteiger partial charge in [0.2, 0.25) is 0 Å². The Bertz CT molecular complexity index is 1500. The fourth-order valence-corrected chi connectivity index (χ4v) is 7.88. The molecule has 0 bridgehead atoms. The van der Waals surface area contributed by atoms with Gasteiger partial charge in [0.1, 0.15) is 29.5 Å². The van der Waals surface area contributed by atoms with Crippen LogP contribution in [0.4, 0.5) is 0 Å². The Morgan fingerprint density at radius 2 is 1.84 bits per heavy atom. The number of aliphatic hydroxyl groups excluding tert-OH is 3. The number of unbranched alkanes of at least 4 members (excludes halogenated alkanes) is 3. The first-order chi connectivity index (χ1) is 23.4. The molecule has 0 amide bonds. The first-order valence-corrected chi connectivity index (χ1v) is 17.6. The minimum absolute atomic E-state index is 0.0994. The van der Waals surface area contributed by atoms with Gasteiger partial charge in [0.05, 0.1) is 29.5 Å². The molecular formula is C40H56O10. The number of ketones is 1. The van der Waals surface area contributed by atoms with Crippen LogP contribution in [-0.4, -0.2) is 96.3 Å². The smallest absolute Gasteiger partial charge is 0.338 e. The monoisotopic (exact) mass is 696 g/mol. The molecular weight excluding hydrogens is 640 g/mol. The van der Waals surface area contributed by atoms with Gasteiger partial charge in [0.15, 0.2) is 11.4 Å². The summed E-state index contributed by atoms with van der Waals surface area (Å²) in [6, 6.07) is 8.27. The van der Waals surface area contributed by atoms with Gasteiger partial charge in [-0.25, -0.2) is 4.79 Å². The van der Waals surface area contributed by atoms with E-state index in [2.05, 4.69) is 19.6 Å². The number of epoxide rings is 1. The van der Waals surface area contributed by atoms with E-state index < -0.39 is 82.6 Å². The van der Waals surface area contributed by atoms with Crippen molar-refractivity contribution >= 4 is 11.8 Å². The topological polar surface area (TPSA) is 166 Å². The number of Topliss-reactive ketones (excluding diaryl/α,β-unsaturated/α-hetero) is 1. The number of carbonyl (C=O) groups excluding carboxylic acids is 2. The van der Waals surface area contributed by atoms with Crippen LogP contribution in [0.3, 0.4) is 0 Å². The van der Waals surface area contributed by atoms with Crippen molar-refractivity contribution < 1.29 is 49.3 Å². The zero-order valence-corrected chi connectivity index (χ0v) is 30.5. The largest absolute Gasteiger partial charge is 0.455 e. The lowest BCUT2D eigenvalue weighted by Gasteiger charge is -2.59. The molecule has 2 fully saturated rings. The zero-order valence-electron chi connectivity index (χ0n) is 30.5. The summed E-state index contributed by atoms with van der Waals surface area (Å²) in [4.78, 5) is 26.5. The third kappa shape index (κ3) is 7.08. The molecule has 2 aliphatic carbocycles. The molecule has 0 unspecified atom stereocenters. The van der Waals surface area contributed by atoms with Gasteiger partial charge in [-0.3, -0.25) is 4.79 Å². The predicted octanol–water partition coefficient (Wildman–Crippen LogP) is 4.53. The van der Waals surface area contributed by atoms with E-state index in [9.17, 15) is 35.1 Å². The molecule has 5 N–H and O–H groups in total. The zero-order chi connectivity index (χ0) is 37.3. The highest BCUT2D eigenvalue weighted by atomic mass is 16.6. The maximum Gasteiger partial charge on any atom is 0.338 e. The predicted molar refractivity (Wildman–Crippen MR) is 189 cm³/mol. The number of ether oxygens (including phenoxy) is 3. The van der Waals surface area contributed by atoms with Crippen LogP contribution in [0.1, 0.15) is 90.9 Å². The minimum atomic E-state index is -2.27. The van der Waals surface area contributed by atoms with Gasteiger partial charge in [-0.2, -0.15) is 0 Å². The number of hydrogen-bond donors (Lipinski definition) is 5. The second-order valence-corrected chi connectivity index (χ2v) is 15.1. The summed E-state index contributed by atoms with van der Waals surface area (Å²) in [6.07, 6.45) is 7.08.